The van der Waals surface area contributed by atoms with Gasteiger partial charge in [0.25, 0.3) is 0 Å². The maximum absolute atomic E-state index is 3.10. The molecule has 12 heavy (non-hydrogen) atoms. The third kappa shape index (κ3) is 2.49. The molecule has 1 aromatic heterocycles. The maximum atomic E-state index is 3.10. The van der Waals surface area contributed by atoms with E-state index in [0.29, 0.717) is 0 Å². The standard InChI is InChI=1S/C8H6N.C2H6.W/c1-2-4-8-7(3-1)5-6-9-8;1-2;/h1-2,4-6,9H;1-2H3;/q-1;;. The van der Waals surface area contributed by atoms with E-state index in [1.165, 1.54) is 0 Å². The molecule has 2 aromatic rings. The number of aromatic amines is 1. The molecule has 0 bridgehead atoms. The number of nitrogens with one attached hydrogen (secondary N) is 1. The summed E-state index contributed by atoms with van der Waals surface area (Å²) in [5.41, 5.74) is 1.15. The molecular weight excluding hydrogens is 318 g/mol. The molecule has 0 amide bonds. The maximum Gasteiger partial charge on any atom is 0 e. The van der Waals surface area contributed by atoms with Gasteiger partial charge in [-0.15, -0.1) is 35.7 Å². The van der Waals surface area contributed by atoms with Gasteiger partial charge in [0.15, 0.2) is 0 Å². The van der Waals surface area contributed by atoms with Gasteiger partial charge < -0.3 is 4.98 Å². The second-order valence-corrected chi connectivity index (χ2v) is 1.98. The van der Waals surface area contributed by atoms with Crippen LogP contribution in [0.5, 0.6) is 0 Å². The summed E-state index contributed by atoms with van der Waals surface area (Å²) in [6, 6.07) is 11.0. The van der Waals surface area contributed by atoms with Gasteiger partial charge in [0, 0.05) is 21.1 Å². The van der Waals surface area contributed by atoms with Crippen molar-refractivity contribution in [2.24, 2.45) is 0 Å². The zero-order valence-corrected chi connectivity index (χ0v) is 10.2. The van der Waals surface area contributed by atoms with Gasteiger partial charge in [-0.05, 0) is 11.7 Å². The smallest absolute Gasteiger partial charge is 0 e. The third-order valence-electron chi connectivity index (χ3n) is 1.38. The van der Waals surface area contributed by atoms with Crippen LogP contribution in [0.4, 0.5) is 0 Å². The Morgan fingerprint density at radius 2 is 2.00 bits per heavy atom. The largest absolute Gasteiger partial charge is 0.409 e. The topological polar surface area (TPSA) is 15.8 Å². The zero-order valence-electron chi connectivity index (χ0n) is 7.29. The van der Waals surface area contributed by atoms with Crippen molar-refractivity contribution in [3.8, 4) is 0 Å². The number of H-pyrrole nitrogens is 1. The Kier molecular flexibility index (Phi) is 5.74. The van der Waals surface area contributed by atoms with Crippen LogP contribution in [0.3, 0.4) is 0 Å². The number of fused-ring (bicyclic) bond motifs is 1. The molecule has 0 aliphatic carbocycles. The fourth-order valence-corrected chi connectivity index (χ4v) is 0.928. The third-order valence-corrected chi connectivity index (χ3v) is 1.38. The Hall–Kier alpha value is -0.552. The van der Waals surface area contributed by atoms with Crippen LogP contribution in [0.2, 0.25) is 0 Å². The van der Waals surface area contributed by atoms with E-state index in [2.05, 4.69) is 11.1 Å². The van der Waals surface area contributed by atoms with Crippen LogP contribution in [0, 0.1) is 6.07 Å². The Morgan fingerprint density at radius 1 is 1.25 bits per heavy atom. The molecule has 0 saturated heterocycles. The Labute approximate surface area is 87.4 Å². The van der Waals surface area contributed by atoms with Gasteiger partial charge in [-0.1, -0.05) is 13.8 Å². The van der Waals surface area contributed by atoms with Crippen molar-refractivity contribution < 1.29 is 21.1 Å². The van der Waals surface area contributed by atoms with Gasteiger partial charge in [0.05, 0.1) is 0 Å². The SMILES string of the molecule is CC.[W].[c-]1cccc2[nH]ccc12. The fraction of sp³-hybridized carbons (Fsp3) is 0.200. The Balaban J connectivity index is 0.000000378. The van der Waals surface area contributed by atoms with Crippen molar-refractivity contribution in [3.63, 3.8) is 0 Å². The molecule has 1 nitrogen and oxygen atoms in total. The number of aromatic nitrogens is 1. The van der Waals surface area contributed by atoms with Crippen molar-refractivity contribution >= 4 is 10.9 Å². The minimum atomic E-state index is 0. The van der Waals surface area contributed by atoms with Gasteiger partial charge in [-0.25, -0.2) is 0 Å². The monoisotopic (exact) mass is 330 g/mol. The summed E-state index contributed by atoms with van der Waals surface area (Å²) in [5, 5.41) is 1.15. The minimum Gasteiger partial charge on any atom is -0.409 e. The van der Waals surface area contributed by atoms with Crippen molar-refractivity contribution in [1.29, 1.82) is 0 Å². The molecule has 0 radical (unpaired) electrons. The van der Waals surface area contributed by atoms with Gasteiger partial charge in [-0.2, -0.15) is 0 Å². The van der Waals surface area contributed by atoms with E-state index in [4.69, 9.17) is 0 Å². The number of hydrogen-bond acceptors (Lipinski definition) is 0. The number of hydrogen-bond donors (Lipinski definition) is 1. The van der Waals surface area contributed by atoms with Crippen LogP contribution in [0.15, 0.2) is 30.5 Å². The fourth-order valence-electron chi connectivity index (χ4n) is 0.928. The summed E-state index contributed by atoms with van der Waals surface area (Å²) in [7, 11) is 0. The van der Waals surface area contributed by atoms with Gasteiger partial charge in [-0.3, -0.25) is 0 Å². The van der Waals surface area contributed by atoms with Gasteiger partial charge >= 0.3 is 0 Å². The number of rotatable bonds is 0. The molecular formula is C10H12NW-. The van der Waals surface area contributed by atoms with Crippen LogP contribution in [0.25, 0.3) is 10.9 Å². The van der Waals surface area contributed by atoms with Crippen molar-refractivity contribution in [1.82, 2.24) is 4.98 Å². The molecule has 1 heterocycles. The van der Waals surface area contributed by atoms with E-state index in [1.54, 1.807) is 0 Å². The van der Waals surface area contributed by atoms with Crippen molar-refractivity contribution in [2.75, 3.05) is 0 Å². The second-order valence-electron chi connectivity index (χ2n) is 1.98. The van der Waals surface area contributed by atoms with Crippen LogP contribution >= 0.6 is 0 Å². The first-order chi connectivity index (χ1) is 5.47. The van der Waals surface area contributed by atoms with E-state index in [0.717, 1.165) is 10.9 Å². The molecule has 1 N–H and O–H groups in total. The first-order valence-electron chi connectivity index (χ1n) is 3.90. The molecule has 0 fully saturated rings. The van der Waals surface area contributed by atoms with E-state index in [9.17, 15) is 0 Å². The van der Waals surface area contributed by atoms with Crippen LogP contribution in [-0.2, 0) is 21.1 Å². The summed E-state index contributed by atoms with van der Waals surface area (Å²) >= 11 is 0. The molecule has 0 aliphatic rings. The second kappa shape index (κ2) is 6.02. The first-order valence-corrected chi connectivity index (χ1v) is 3.90. The average molecular weight is 330 g/mol. The molecule has 0 aliphatic heterocycles. The summed E-state index contributed by atoms with van der Waals surface area (Å²) in [6.45, 7) is 4.00. The molecule has 1 aromatic carbocycles. The van der Waals surface area contributed by atoms with E-state index < -0.39 is 0 Å². The van der Waals surface area contributed by atoms with Crippen molar-refractivity contribution in [2.45, 2.75) is 13.8 Å². The van der Waals surface area contributed by atoms with Gasteiger partial charge in [0.2, 0.25) is 0 Å². The molecule has 0 saturated carbocycles. The molecule has 0 spiro atoms. The van der Waals surface area contributed by atoms with Crippen LogP contribution in [0.1, 0.15) is 13.8 Å². The molecule has 2 rings (SSSR count). The van der Waals surface area contributed by atoms with E-state index in [1.807, 2.05) is 44.3 Å². The van der Waals surface area contributed by atoms with E-state index >= 15 is 0 Å². The Morgan fingerprint density at radius 3 is 2.67 bits per heavy atom. The van der Waals surface area contributed by atoms with Gasteiger partial charge in [0.1, 0.15) is 0 Å². The molecule has 2 heteroatoms. The summed E-state index contributed by atoms with van der Waals surface area (Å²) in [5.74, 6) is 0. The van der Waals surface area contributed by atoms with Crippen LogP contribution < -0.4 is 0 Å². The minimum absolute atomic E-state index is 0. The van der Waals surface area contributed by atoms with Crippen LogP contribution in [-0.4, -0.2) is 4.98 Å². The average Bonchev–Trinajstić information content (AvgIpc) is 2.55. The first kappa shape index (κ1) is 11.4. The normalized spacial score (nSPS) is 8.17. The zero-order chi connectivity index (χ0) is 8.10. The summed E-state index contributed by atoms with van der Waals surface area (Å²) in [6.07, 6.45) is 1.92. The summed E-state index contributed by atoms with van der Waals surface area (Å²) in [4.78, 5) is 3.09. The van der Waals surface area contributed by atoms with Crippen molar-refractivity contribution in [3.05, 3.63) is 36.5 Å². The Bertz CT molecular complexity index is 284. The van der Waals surface area contributed by atoms with E-state index in [-0.39, 0.29) is 21.1 Å². The number of benzene rings is 1. The molecule has 0 unspecified atom stereocenters. The summed E-state index contributed by atoms with van der Waals surface area (Å²) < 4.78 is 0. The molecule has 0 atom stereocenters. The predicted molar refractivity (Wildman–Crippen MR) is 48.5 cm³/mol. The quantitative estimate of drug-likeness (QED) is 0.715. The predicted octanol–water partition coefficient (Wildman–Crippen LogP) is 2.99. The molecule has 64 valence electrons.